The van der Waals surface area contributed by atoms with Gasteiger partial charge < -0.3 is 10.2 Å². The monoisotopic (exact) mass is 594 g/mol. The first-order chi connectivity index (χ1) is 18.3. The number of sulfonamides is 2. The first kappa shape index (κ1) is 26.5. The summed E-state index contributed by atoms with van der Waals surface area (Å²) in [5.74, 6) is -2.93. The molecule has 1 aromatic heterocycles. The molecule has 2 aliphatic heterocycles. The minimum Gasteiger partial charge on any atom is -0.333 e. The van der Waals surface area contributed by atoms with Gasteiger partial charge in [-0.1, -0.05) is 12.1 Å². The third kappa shape index (κ3) is 4.50. The van der Waals surface area contributed by atoms with Crippen LogP contribution in [0.2, 0.25) is 0 Å². The fraction of sp³-hybridized carbons (Fsp3) is 0.480. The molecular formula is C25H27FN4O6S3. The lowest BCUT2D eigenvalue weighted by molar-refractivity contribution is -0.153. The van der Waals surface area contributed by atoms with Crippen LogP contribution < -0.4 is 10.0 Å². The van der Waals surface area contributed by atoms with Gasteiger partial charge in [0, 0.05) is 30.6 Å². The van der Waals surface area contributed by atoms with Crippen LogP contribution in [0.3, 0.4) is 0 Å². The van der Waals surface area contributed by atoms with Crippen LogP contribution in [0, 0.1) is 36.4 Å². The van der Waals surface area contributed by atoms with Crippen LogP contribution in [0.25, 0.3) is 0 Å². The molecule has 2 aromatic rings. The summed E-state index contributed by atoms with van der Waals surface area (Å²) in [6.45, 7) is 1.59. The predicted molar refractivity (Wildman–Crippen MR) is 143 cm³/mol. The molecule has 2 aliphatic carbocycles. The third-order valence-corrected chi connectivity index (χ3v) is 11.4. The van der Waals surface area contributed by atoms with Crippen molar-refractivity contribution in [3.63, 3.8) is 0 Å². The van der Waals surface area contributed by atoms with E-state index in [4.69, 9.17) is 0 Å². The van der Waals surface area contributed by atoms with Gasteiger partial charge in [0.15, 0.2) is 11.7 Å². The number of hydrogen-bond acceptors (Lipinski definition) is 8. The second-order valence-electron chi connectivity index (χ2n) is 10.8. The van der Waals surface area contributed by atoms with Crippen molar-refractivity contribution in [3.05, 3.63) is 46.1 Å². The third-order valence-electron chi connectivity index (χ3n) is 8.28. The molecule has 1 saturated heterocycles. The number of hydrogen-bond donors (Lipinski definition) is 2. The summed E-state index contributed by atoms with van der Waals surface area (Å²) in [6.07, 6.45) is 3.61. The van der Waals surface area contributed by atoms with E-state index in [1.54, 1.807) is 24.0 Å². The van der Waals surface area contributed by atoms with Gasteiger partial charge in [-0.05, 0) is 60.6 Å². The van der Waals surface area contributed by atoms with Crippen molar-refractivity contribution in [2.24, 2.45) is 28.1 Å². The molecule has 1 aromatic carbocycles. The molecule has 208 valence electrons. The maximum atomic E-state index is 14.0. The van der Waals surface area contributed by atoms with Crippen LogP contribution >= 0.6 is 11.3 Å². The minimum absolute atomic E-state index is 0.118. The van der Waals surface area contributed by atoms with Crippen LogP contribution in [0.15, 0.2) is 32.9 Å². The molecular weight excluding hydrogens is 567 g/mol. The number of likely N-dealkylation sites (tertiary alicyclic amines) is 1. The Morgan fingerprint density at radius 1 is 1.23 bits per heavy atom. The van der Waals surface area contributed by atoms with E-state index in [2.05, 4.69) is 14.4 Å². The Balaban J connectivity index is 1.36. The second-order valence-corrected chi connectivity index (χ2v) is 15.1. The van der Waals surface area contributed by atoms with Crippen molar-refractivity contribution in [1.29, 1.82) is 0 Å². The number of nitrogens with zero attached hydrogens (tertiary/aromatic N) is 2. The van der Waals surface area contributed by atoms with E-state index in [0.717, 1.165) is 42.4 Å². The summed E-state index contributed by atoms with van der Waals surface area (Å²) in [5, 5.41) is 4.61. The summed E-state index contributed by atoms with van der Waals surface area (Å²) in [7, 11) is -7.89. The van der Waals surface area contributed by atoms with Crippen LogP contribution in [0.1, 0.15) is 36.0 Å². The van der Waals surface area contributed by atoms with Crippen LogP contribution in [0.4, 0.5) is 9.39 Å². The highest BCUT2D eigenvalue weighted by atomic mass is 32.2. The molecule has 3 unspecified atom stereocenters. The van der Waals surface area contributed by atoms with E-state index in [-0.39, 0.29) is 63.9 Å². The molecule has 39 heavy (non-hydrogen) atoms. The Labute approximate surface area is 229 Å². The number of fused-ring (bicyclic) bond motifs is 6. The SMILES string of the molecule is Cc1cc(CN2C(=O)C(C3=NS(=O)(=O)c4c(CNS(C)(=O)=O)csc4N3)C(=O)C3C2[C@@H]2CC[C@H]3C2)ccc1F. The number of rotatable bonds is 6. The average Bonchev–Trinajstić information content (AvgIpc) is 3.57. The number of benzene rings is 1. The van der Waals surface area contributed by atoms with Gasteiger partial charge in [0.25, 0.3) is 10.0 Å². The van der Waals surface area contributed by atoms with Gasteiger partial charge in [0.2, 0.25) is 15.9 Å². The number of carbonyl (C=O) groups excluding carboxylic acids is 2. The second kappa shape index (κ2) is 9.18. The zero-order valence-electron chi connectivity index (χ0n) is 21.2. The van der Waals surface area contributed by atoms with Crippen molar-refractivity contribution in [2.45, 2.75) is 50.2 Å². The molecule has 1 amide bonds. The van der Waals surface area contributed by atoms with Gasteiger partial charge in [-0.3, -0.25) is 9.59 Å². The quantitative estimate of drug-likeness (QED) is 0.489. The Morgan fingerprint density at radius 2 is 1.97 bits per heavy atom. The number of aryl methyl sites for hydroxylation is 1. The topological polar surface area (TPSA) is 142 Å². The summed E-state index contributed by atoms with van der Waals surface area (Å²) >= 11 is 1.04. The molecule has 3 heterocycles. The highest BCUT2D eigenvalue weighted by Crippen LogP contribution is 2.54. The van der Waals surface area contributed by atoms with Gasteiger partial charge in [-0.2, -0.15) is 8.42 Å². The van der Waals surface area contributed by atoms with Gasteiger partial charge in [0.1, 0.15) is 21.5 Å². The number of amidine groups is 1. The first-order valence-electron chi connectivity index (χ1n) is 12.6. The minimum atomic E-state index is -4.33. The molecule has 2 saturated carbocycles. The Hall–Kier alpha value is -2.68. The largest absolute Gasteiger partial charge is 0.333 e. The van der Waals surface area contributed by atoms with Gasteiger partial charge in [-0.25, -0.2) is 17.5 Å². The number of thiophene rings is 1. The number of Topliss-reactive ketones (excluding diaryl/α,β-unsaturated/α-hetero) is 1. The van der Waals surface area contributed by atoms with Crippen molar-refractivity contribution < 1.29 is 30.8 Å². The van der Waals surface area contributed by atoms with Crippen LogP contribution in [0.5, 0.6) is 0 Å². The highest BCUT2D eigenvalue weighted by Gasteiger charge is 2.60. The average molecular weight is 595 g/mol. The van der Waals surface area contributed by atoms with Crippen LogP contribution in [-0.2, 0) is 42.7 Å². The van der Waals surface area contributed by atoms with Crippen molar-refractivity contribution in [3.8, 4) is 0 Å². The molecule has 0 spiro atoms. The van der Waals surface area contributed by atoms with E-state index in [0.29, 0.717) is 5.56 Å². The number of amides is 1. The van der Waals surface area contributed by atoms with Gasteiger partial charge >= 0.3 is 0 Å². The summed E-state index contributed by atoms with van der Waals surface area (Å²) in [6, 6.07) is 4.38. The number of halogens is 1. The van der Waals surface area contributed by atoms with Crippen molar-refractivity contribution in [2.75, 3.05) is 11.6 Å². The maximum Gasteiger partial charge on any atom is 0.287 e. The number of piperidine rings is 1. The normalized spacial score (nSPS) is 29.2. The van der Waals surface area contributed by atoms with E-state index < -0.39 is 37.8 Å². The highest BCUT2D eigenvalue weighted by molar-refractivity contribution is 7.91. The first-order valence-corrected chi connectivity index (χ1v) is 16.8. The van der Waals surface area contributed by atoms with Crippen molar-refractivity contribution in [1.82, 2.24) is 9.62 Å². The van der Waals surface area contributed by atoms with E-state index in [1.807, 2.05) is 0 Å². The van der Waals surface area contributed by atoms with E-state index in [9.17, 15) is 30.8 Å². The smallest absolute Gasteiger partial charge is 0.287 e. The maximum absolute atomic E-state index is 14.0. The number of nitrogens with one attached hydrogen (secondary N) is 2. The lowest BCUT2D eigenvalue weighted by Gasteiger charge is -2.45. The van der Waals surface area contributed by atoms with Crippen molar-refractivity contribution >= 4 is 53.9 Å². The molecule has 4 aliphatic rings. The fourth-order valence-electron chi connectivity index (χ4n) is 6.70. The van der Waals surface area contributed by atoms with Gasteiger partial charge in [0.05, 0.1) is 6.26 Å². The molecule has 0 radical (unpaired) electrons. The molecule has 14 heteroatoms. The standard InChI is InChI=1S/C25H27FN4O6S3/c1-12-7-13(3-6-17(12)26)10-30-20-15-5-4-14(8-15)18(20)21(31)19(25(30)32)23-28-24-22(39(35,36)29-23)16(11-37-24)9-27-38(2,33)34/h3,6-7,11,14-15,18-20,27H,4-5,8-10H2,1-2H3,(H,28,29)/t14-,15+,18?,19?,20?/m0/s1. The zero-order valence-corrected chi connectivity index (χ0v) is 23.6. The Kier molecular flexibility index (Phi) is 6.25. The van der Waals surface area contributed by atoms with Crippen LogP contribution in [-0.4, -0.2) is 51.6 Å². The van der Waals surface area contributed by atoms with E-state index >= 15 is 0 Å². The van der Waals surface area contributed by atoms with Gasteiger partial charge in [-0.15, -0.1) is 15.7 Å². The Bertz CT molecular complexity index is 1650. The number of carbonyl (C=O) groups is 2. The summed E-state index contributed by atoms with van der Waals surface area (Å²) in [5.41, 5.74) is 1.40. The molecule has 2 bridgehead atoms. The Morgan fingerprint density at radius 3 is 2.69 bits per heavy atom. The lowest BCUT2D eigenvalue weighted by Crippen LogP contribution is -2.61. The summed E-state index contributed by atoms with van der Waals surface area (Å²) in [4.78, 5) is 29.4. The fourth-order valence-corrected chi connectivity index (χ4v) is 9.76. The molecule has 5 atom stereocenters. The molecule has 2 N–H and O–H groups in total. The predicted octanol–water partition coefficient (Wildman–Crippen LogP) is 2.40. The van der Waals surface area contributed by atoms with E-state index in [1.165, 1.54) is 11.4 Å². The summed E-state index contributed by atoms with van der Waals surface area (Å²) < 4.78 is 69.7. The lowest BCUT2D eigenvalue weighted by atomic mass is 9.73. The molecule has 3 fully saturated rings. The molecule has 10 nitrogen and oxygen atoms in total. The number of ketones is 1. The zero-order chi connectivity index (χ0) is 27.9. The molecule has 6 rings (SSSR count). The number of anilines is 1.